The summed E-state index contributed by atoms with van der Waals surface area (Å²) in [5.41, 5.74) is 0. The molecule has 1 unspecified atom stereocenters. The van der Waals surface area contributed by atoms with Gasteiger partial charge in [0.15, 0.2) is 0 Å². The van der Waals surface area contributed by atoms with Crippen molar-refractivity contribution in [2.75, 3.05) is 52.9 Å². The minimum atomic E-state index is -0.954. The number of carbonyl (C=O) groups is 1. The van der Waals surface area contributed by atoms with Gasteiger partial charge in [0.1, 0.15) is 24.4 Å². The van der Waals surface area contributed by atoms with Crippen LogP contribution in [0.4, 0.5) is 0 Å². The van der Waals surface area contributed by atoms with Crippen LogP contribution in [0.1, 0.15) is 78.1 Å². The van der Waals surface area contributed by atoms with Gasteiger partial charge in [0.2, 0.25) is 0 Å². The lowest BCUT2D eigenvalue weighted by Gasteiger charge is -2.11. The highest BCUT2D eigenvalue weighted by atomic mass is 16.4. The Balaban J connectivity index is -0.000000142. The van der Waals surface area contributed by atoms with E-state index in [0.717, 1.165) is 32.1 Å². The second-order valence-corrected chi connectivity index (χ2v) is 8.81. The summed E-state index contributed by atoms with van der Waals surface area (Å²) in [6, 6.07) is 0. The molecule has 0 rings (SSSR count). The van der Waals surface area contributed by atoms with Crippen LogP contribution in [0.2, 0.25) is 0 Å². The molecule has 0 aromatic carbocycles. The van der Waals surface area contributed by atoms with E-state index in [1.165, 1.54) is 32.1 Å². The number of aliphatic carboxylic acids is 1. The van der Waals surface area contributed by atoms with Crippen LogP contribution in [0.25, 0.3) is 0 Å². The highest BCUT2D eigenvalue weighted by Crippen LogP contribution is 2.18. The predicted octanol–water partition coefficient (Wildman–Crippen LogP) is -2.04. The highest BCUT2D eigenvalue weighted by Gasteiger charge is 2.15. The molecule has 0 heterocycles. The first-order chi connectivity index (χ1) is 19.0. The van der Waals surface area contributed by atoms with Gasteiger partial charge in [-0.3, -0.25) is 4.79 Å². The van der Waals surface area contributed by atoms with Crippen molar-refractivity contribution in [2.45, 2.75) is 102 Å². The van der Waals surface area contributed by atoms with Gasteiger partial charge in [0.05, 0.1) is 58.8 Å². The Kier molecular flexibility index (Phi) is 51.7. The maximum Gasteiger partial charge on any atom is 0.306 e. The number of aliphatic hydroxyl groups is 12. The van der Waals surface area contributed by atoms with Gasteiger partial charge in [0, 0.05) is 0 Å². The van der Waals surface area contributed by atoms with Gasteiger partial charge in [-0.15, -0.1) is 0 Å². The van der Waals surface area contributed by atoms with Crippen molar-refractivity contribution in [1.82, 2.24) is 0 Å². The molecule has 0 bridgehead atoms. The molecule has 248 valence electrons. The second kappa shape index (κ2) is 42.5. The molecule has 40 heavy (non-hydrogen) atoms. The van der Waals surface area contributed by atoms with E-state index in [9.17, 15) is 4.79 Å². The smallest absolute Gasteiger partial charge is 0.306 e. The molecule has 0 fully saturated rings. The van der Waals surface area contributed by atoms with Gasteiger partial charge in [-0.1, -0.05) is 65.2 Å². The van der Waals surface area contributed by atoms with Gasteiger partial charge in [0.25, 0.3) is 0 Å². The standard InChI is InChI=1S/C14H28O2.4C3H8O3/c1-3-5-7-8-9-10-12-13(14(15)16)11-6-4-2;4*4-1-3(6)2-5/h13H,3-12H2,1-2H3,(H,15,16);4*3-6H,1-2H2. The van der Waals surface area contributed by atoms with Crippen molar-refractivity contribution < 1.29 is 71.2 Å². The fourth-order valence-electron chi connectivity index (χ4n) is 2.24. The molecule has 1 atom stereocenters. The molecule has 14 nitrogen and oxygen atoms in total. The molecule has 0 aromatic rings. The number of unbranched alkanes of at least 4 members (excludes halogenated alkanes) is 6. The van der Waals surface area contributed by atoms with E-state index >= 15 is 0 Å². The number of carboxylic acids is 1. The Hall–Kier alpha value is -1.01. The third-order valence-electron chi connectivity index (χ3n) is 4.85. The summed E-state index contributed by atoms with van der Waals surface area (Å²) in [6.07, 6.45) is 7.53. The predicted molar refractivity (Wildman–Crippen MR) is 149 cm³/mol. The van der Waals surface area contributed by atoms with Crippen LogP contribution in [0.15, 0.2) is 0 Å². The molecule has 0 radical (unpaired) electrons. The van der Waals surface area contributed by atoms with Crippen molar-refractivity contribution in [2.24, 2.45) is 5.92 Å². The number of rotatable bonds is 19. The van der Waals surface area contributed by atoms with E-state index in [0.29, 0.717) is 0 Å². The van der Waals surface area contributed by atoms with Crippen LogP contribution < -0.4 is 0 Å². The zero-order valence-corrected chi connectivity index (χ0v) is 24.3. The van der Waals surface area contributed by atoms with E-state index in [-0.39, 0.29) is 58.8 Å². The summed E-state index contributed by atoms with van der Waals surface area (Å²) in [5.74, 6) is -0.687. The van der Waals surface area contributed by atoms with E-state index in [1.54, 1.807) is 0 Å². The van der Waals surface area contributed by atoms with Crippen LogP contribution in [-0.2, 0) is 4.79 Å². The Morgan fingerprint density at radius 3 is 0.925 bits per heavy atom. The first-order valence-electron chi connectivity index (χ1n) is 13.8. The summed E-state index contributed by atoms with van der Waals surface area (Å²) in [5, 5.41) is 105. The van der Waals surface area contributed by atoms with Crippen molar-refractivity contribution >= 4 is 5.97 Å². The maximum atomic E-state index is 11.0. The fraction of sp³-hybridized carbons (Fsp3) is 0.962. The molecule has 0 aromatic heterocycles. The van der Waals surface area contributed by atoms with Crippen LogP contribution in [0.5, 0.6) is 0 Å². The average Bonchev–Trinajstić information content (AvgIpc) is 2.99. The summed E-state index contributed by atoms with van der Waals surface area (Å²) >= 11 is 0. The Morgan fingerprint density at radius 1 is 0.450 bits per heavy atom. The molecule has 0 amide bonds. The number of hydrogen-bond acceptors (Lipinski definition) is 13. The maximum absolute atomic E-state index is 11.0. The molecular formula is C26H60O14. The number of aliphatic hydroxyl groups excluding tert-OH is 12. The zero-order chi connectivity index (χ0) is 32.2. The molecule has 0 aliphatic rings. The van der Waals surface area contributed by atoms with Gasteiger partial charge in [-0.25, -0.2) is 0 Å². The molecule has 0 aliphatic heterocycles. The van der Waals surface area contributed by atoms with E-state index < -0.39 is 30.4 Å². The molecule has 14 heteroatoms. The summed E-state index contributed by atoms with van der Waals surface area (Å²) in [7, 11) is 0. The first kappa shape index (κ1) is 48.7. The van der Waals surface area contributed by atoms with Gasteiger partial charge in [-0.05, 0) is 12.8 Å². The largest absolute Gasteiger partial charge is 0.481 e. The Labute approximate surface area is 238 Å². The topological polar surface area (TPSA) is 280 Å². The minimum absolute atomic E-state index is 0.0916. The Morgan fingerprint density at radius 2 is 0.700 bits per heavy atom. The van der Waals surface area contributed by atoms with Crippen LogP contribution in [0, 0.1) is 5.92 Å². The zero-order valence-electron chi connectivity index (χ0n) is 24.3. The van der Waals surface area contributed by atoms with Gasteiger partial charge >= 0.3 is 5.97 Å². The average molecular weight is 597 g/mol. The summed E-state index contributed by atoms with van der Waals surface area (Å²) in [4.78, 5) is 11.0. The van der Waals surface area contributed by atoms with Crippen LogP contribution in [0.3, 0.4) is 0 Å². The lowest BCUT2D eigenvalue weighted by molar-refractivity contribution is -0.142. The minimum Gasteiger partial charge on any atom is -0.481 e. The Bertz CT molecular complexity index is 390. The molecule has 13 N–H and O–H groups in total. The first-order valence-corrected chi connectivity index (χ1v) is 13.8. The molecule has 0 saturated carbocycles. The molecule has 0 aliphatic carbocycles. The van der Waals surface area contributed by atoms with E-state index in [4.69, 9.17) is 66.4 Å². The second-order valence-electron chi connectivity index (χ2n) is 8.81. The normalized spacial score (nSPS) is 11.1. The van der Waals surface area contributed by atoms with Gasteiger partial charge < -0.3 is 66.4 Å². The monoisotopic (exact) mass is 596 g/mol. The van der Waals surface area contributed by atoms with Crippen molar-refractivity contribution in [3.05, 3.63) is 0 Å². The van der Waals surface area contributed by atoms with E-state index in [1.807, 2.05) is 0 Å². The summed E-state index contributed by atoms with van der Waals surface area (Å²) < 4.78 is 0. The number of hydrogen-bond donors (Lipinski definition) is 13. The van der Waals surface area contributed by atoms with Crippen molar-refractivity contribution in [1.29, 1.82) is 0 Å². The highest BCUT2D eigenvalue weighted by molar-refractivity contribution is 5.69. The molecular weight excluding hydrogens is 536 g/mol. The number of carboxylic acid groups (broad SMARTS) is 1. The van der Waals surface area contributed by atoms with Crippen molar-refractivity contribution in [3.8, 4) is 0 Å². The summed E-state index contributed by atoms with van der Waals surface area (Å²) in [6.45, 7) is 1.41. The van der Waals surface area contributed by atoms with Crippen LogP contribution >= 0.6 is 0 Å². The van der Waals surface area contributed by atoms with Crippen molar-refractivity contribution in [3.63, 3.8) is 0 Å². The van der Waals surface area contributed by atoms with Crippen LogP contribution in [-0.4, -0.2) is 150 Å². The fourth-order valence-corrected chi connectivity index (χ4v) is 2.24. The SMILES string of the molecule is CCCCCCCCC(CCCC)C(=O)O.OCC(O)CO.OCC(O)CO.OCC(O)CO.OCC(O)CO. The third kappa shape index (κ3) is 49.9. The molecule has 0 spiro atoms. The molecule has 0 saturated heterocycles. The van der Waals surface area contributed by atoms with Gasteiger partial charge in [-0.2, -0.15) is 0 Å². The lowest BCUT2D eigenvalue weighted by Crippen LogP contribution is -2.15. The lowest BCUT2D eigenvalue weighted by atomic mass is 9.95. The third-order valence-corrected chi connectivity index (χ3v) is 4.85. The van der Waals surface area contributed by atoms with E-state index in [2.05, 4.69) is 13.8 Å². The quantitative estimate of drug-likeness (QED) is 0.0715.